The standard InChI is InChI=1S/C20H19F2N5O2/c1-13-23-18(25-14-4-5-15(21)16(22)11-14)12-19(24-13)26-6-8-27(9-7-26)20(28)17-3-2-10-29-17/h2-5,10-12H,6-9H2,1H3,(H,23,24,25). The van der Waals surface area contributed by atoms with Crippen molar-refractivity contribution >= 4 is 23.2 Å². The summed E-state index contributed by atoms with van der Waals surface area (Å²) in [7, 11) is 0. The second-order valence-electron chi connectivity index (χ2n) is 6.67. The van der Waals surface area contributed by atoms with Gasteiger partial charge in [-0.15, -0.1) is 0 Å². The van der Waals surface area contributed by atoms with Gasteiger partial charge in [0.1, 0.15) is 17.5 Å². The van der Waals surface area contributed by atoms with Gasteiger partial charge in [-0.2, -0.15) is 0 Å². The van der Waals surface area contributed by atoms with Crippen LogP contribution >= 0.6 is 0 Å². The van der Waals surface area contributed by atoms with E-state index in [4.69, 9.17) is 4.42 Å². The van der Waals surface area contributed by atoms with E-state index in [-0.39, 0.29) is 5.91 Å². The van der Waals surface area contributed by atoms with Crippen molar-refractivity contribution in [3.05, 3.63) is 65.9 Å². The smallest absolute Gasteiger partial charge is 0.289 e. The van der Waals surface area contributed by atoms with Crippen molar-refractivity contribution in [2.24, 2.45) is 0 Å². The number of amides is 1. The fourth-order valence-electron chi connectivity index (χ4n) is 3.19. The molecule has 0 saturated carbocycles. The van der Waals surface area contributed by atoms with E-state index in [1.807, 2.05) is 0 Å². The Morgan fingerprint density at radius 2 is 1.86 bits per heavy atom. The zero-order valence-corrected chi connectivity index (χ0v) is 15.7. The average molecular weight is 399 g/mol. The summed E-state index contributed by atoms with van der Waals surface area (Å²) in [5.41, 5.74) is 0.391. The molecular formula is C20H19F2N5O2. The maximum atomic E-state index is 13.4. The second kappa shape index (κ2) is 7.86. The lowest BCUT2D eigenvalue weighted by molar-refractivity contribution is 0.0714. The number of carbonyl (C=O) groups excluding carboxylic acids is 1. The Morgan fingerprint density at radius 3 is 2.55 bits per heavy atom. The second-order valence-corrected chi connectivity index (χ2v) is 6.67. The summed E-state index contributed by atoms with van der Waals surface area (Å²) in [6, 6.07) is 8.66. The van der Waals surface area contributed by atoms with E-state index in [1.165, 1.54) is 12.3 Å². The van der Waals surface area contributed by atoms with Crippen LogP contribution in [0.5, 0.6) is 0 Å². The fourth-order valence-corrected chi connectivity index (χ4v) is 3.19. The molecule has 4 rings (SSSR count). The van der Waals surface area contributed by atoms with Crippen LogP contribution in [0.4, 0.5) is 26.1 Å². The van der Waals surface area contributed by atoms with Crippen LogP contribution in [-0.4, -0.2) is 47.0 Å². The quantitative estimate of drug-likeness (QED) is 0.725. The number of hydrogen-bond acceptors (Lipinski definition) is 6. The third-order valence-electron chi connectivity index (χ3n) is 4.64. The highest BCUT2D eigenvalue weighted by Gasteiger charge is 2.24. The first-order chi connectivity index (χ1) is 14.0. The molecule has 9 heteroatoms. The van der Waals surface area contributed by atoms with Crippen molar-refractivity contribution in [1.29, 1.82) is 0 Å². The third-order valence-corrected chi connectivity index (χ3v) is 4.64. The Balaban J connectivity index is 1.45. The molecule has 1 amide bonds. The van der Waals surface area contributed by atoms with Crippen molar-refractivity contribution in [2.75, 3.05) is 36.4 Å². The SMILES string of the molecule is Cc1nc(Nc2ccc(F)c(F)c2)cc(N2CCN(C(=O)c3ccco3)CC2)n1. The van der Waals surface area contributed by atoms with Crippen LogP contribution in [0.1, 0.15) is 16.4 Å². The summed E-state index contributed by atoms with van der Waals surface area (Å²) in [6.07, 6.45) is 1.48. The summed E-state index contributed by atoms with van der Waals surface area (Å²) < 4.78 is 31.7. The Kier molecular flexibility index (Phi) is 5.11. The Hall–Kier alpha value is -3.49. The lowest BCUT2D eigenvalue weighted by Gasteiger charge is -2.35. The lowest BCUT2D eigenvalue weighted by atomic mass is 10.2. The van der Waals surface area contributed by atoms with Gasteiger partial charge in [0.15, 0.2) is 17.4 Å². The number of piperazine rings is 1. The van der Waals surface area contributed by atoms with Crippen LogP contribution in [0.15, 0.2) is 47.1 Å². The normalized spacial score (nSPS) is 14.2. The number of carbonyl (C=O) groups is 1. The summed E-state index contributed by atoms with van der Waals surface area (Å²) in [4.78, 5) is 25.0. The van der Waals surface area contributed by atoms with Gasteiger partial charge in [0.25, 0.3) is 5.91 Å². The maximum absolute atomic E-state index is 13.4. The summed E-state index contributed by atoms with van der Waals surface area (Å²) >= 11 is 0. The van der Waals surface area contributed by atoms with Gasteiger partial charge >= 0.3 is 0 Å². The number of furan rings is 1. The molecule has 1 fully saturated rings. The molecule has 0 unspecified atom stereocenters. The molecule has 0 spiro atoms. The van der Waals surface area contributed by atoms with E-state index >= 15 is 0 Å². The molecule has 7 nitrogen and oxygen atoms in total. The van der Waals surface area contributed by atoms with E-state index in [0.717, 1.165) is 12.1 Å². The van der Waals surface area contributed by atoms with E-state index in [0.29, 0.717) is 55.1 Å². The van der Waals surface area contributed by atoms with E-state index in [9.17, 15) is 13.6 Å². The molecule has 3 aromatic rings. The summed E-state index contributed by atoms with van der Waals surface area (Å²) in [5, 5.41) is 2.98. The minimum Gasteiger partial charge on any atom is -0.459 e. The molecular weight excluding hydrogens is 380 g/mol. The molecule has 0 bridgehead atoms. The van der Waals surface area contributed by atoms with Gasteiger partial charge in [0.05, 0.1) is 6.26 Å². The van der Waals surface area contributed by atoms with Crippen molar-refractivity contribution in [2.45, 2.75) is 6.92 Å². The zero-order valence-electron chi connectivity index (χ0n) is 15.7. The first-order valence-electron chi connectivity index (χ1n) is 9.15. The number of aromatic nitrogens is 2. The first-order valence-corrected chi connectivity index (χ1v) is 9.15. The van der Waals surface area contributed by atoms with Crippen LogP contribution in [0.3, 0.4) is 0 Å². The number of aryl methyl sites for hydroxylation is 1. The summed E-state index contributed by atoms with van der Waals surface area (Å²) in [6.45, 7) is 4.04. The maximum Gasteiger partial charge on any atom is 0.289 e. The van der Waals surface area contributed by atoms with Crippen molar-refractivity contribution in [3.63, 3.8) is 0 Å². The highest BCUT2D eigenvalue weighted by atomic mass is 19.2. The highest BCUT2D eigenvalue weighted by Crippen LogP contribution is 2.22. The van der Waals surface area contributed by atoms with Crippen LogP contribution in [0.25, 0.3) is 0 Å². The van der Waals surface area contributed by atoms with Gasteiger partial charge in [-0.05, 0) is 31.2 Å². The molecule has 3 heterocycles. The minimum atomic E-state index is -0.932. The number of rotatable bonds is 4. The predicted octanol–water partition coefficient (Wildman–Crippen LogP) is 3.36. The van der Waals surface area contributed by atoms with E-state index < -0.39 is 11.6 Å². The largest absolute Gasteiger partial charge is 0.459 e. The monoisotopic (exact) mass is 399 g/mol. The molecule has 0 aliphatic carbocycles. The van der Waals surface area contributed by atoms with Crippen molar-refractivity contribution < 1.29 is 18.0 Å². The molecule has 1 aromatic carbocycles. The topological polar surface area (TPSA) is 74.5 Å². The number of benzene rings is 1. The molecule has 1 saturated heterocycles. The number of halogens is 2. The molecule has 0 radical (unpaired) electrons. The Morgan fingerprint density at radius 1 is 1.07 bits per heavy atom. The van der Waals surface area contributed by atoms with Gasteiger partial charge in [-0.1, -0.05) is 0 Å². The molecule has 1 aliphatic rings. The number of hydrogen-bond donors (Lipinski definition) is 1. The molecule has 150 valence electrons. The number of nitrogens with zero attached hydrogens (tertiary/aromatic N) is 4. The van der Waals surface area contributed by atoms with Crippen LogP contribution < -0.4 is 10.2 Å². The van der Waals surface area contributed by atoms with Crippen molar-refractivity contribution in [1.82, 2.24) is 14.9 Å². The number of anilines is 3. The van der Waals surface area contributed by atoms with E-state index in [2.05, 4.69) is 20.2 Å². The molecule has 1 N–H and O–H groups in total. The van der Waals surface area contributed by atoms with Gasteiger partial charge in [-0.3, -0.25) is 4.79 Å². The van der Waals surface area contributed by atoms with Crippen LogP contribution in [0.2, 0.25) is 0 Å². The van der Waals surface area contributed by atoms with Crippen molar-refractivity contribution in [3.8, 4) is 0 Å². The molecule has 29 heavy (non-hydrogen) atoms. The average Bonchev–Trinajstić information content (AvgIpc) is 3.25. The van der Waals surface area contributed by atoms with E-state index in [1.54, 1.807) is 30.0 Å². The van der Waals surface area contributed by atoms with Crippen LogP contribution in [0, 0.1) is 18.6 Å². The zero-order chi connectivity index (χ0) is 20.4. The number of nitrogens with one attached hydrogen (secondary N) is 1. The fraction of sp³-hybridized carbons (Fsp3) is 0.250. The molecule has 0 atom stereocenters. The highest BCUT2D eigenvalue weighted by molar-refractivity contribution is 5.91. The Labute approximate surface area is 166 Å². The van der Waals surface area contributed by atoms with Gasteiger partial charge in [-0.25, -0.2) is 18.7 Å². The summed E-state index contributed by atoms with van der Waals surface area (Å²) in [5.74, 6) is 0.0842. The minimum absolute atomic E-state index is 0.130. The lowest BCUT2D eigenvalue weighted by Crippen LogP contribution is -2.49. The Bertz CT molecular complexity index is 1020. The predicted molar refractivity (Wildman–Crippen MR) is 103 cm³/mol. The van der Waals surface area contributed by atoms with Gasteiger partial charge < -0.3 is 19.5 Å². The first kappa shape index (κ1) is 18.9. The molecule has 1 aliphatic heterocycles. The van der Waals surface area contributed by atoms with Gasteiger partial charge in [0.2, 0.25) is 0 Å². The third kappa shape index (κ3) is 4.18. The van der Waals surface area contributed by atoms with Gasteiger partial charge in [0, 0.05) is 44.0 Å². The molecule has 2 aromatic heterocycles. The van der Waals surface area contributed by atoms with Crippen LogP contribution in [-0.2, 0) is 0 Å².